The van der Waals surface area contributed by atoms with Crippen LogP contribution in [-0.4, -0.2) is 0 Å². The van der Waals surface area contributed by atoms with Crippen LogP contribution in [0.1, 0.15) is 12.5 Å². The van der Waals surface area contributed by atoms with E-state index in [-0.39, 0.29) is 44.1 Å². The van der Waals surface area contributed by atoms with Gasteiger partial charge in [-0.15, -0.1) is 0 Å². The maximum Gasteiger partial charge on any atom is 0 e. The molecule has 0 spiro atoms. The van der Waals surface area contributed by atoms with Gasteiger partial charge < -0.3 is 5.73 Å². The van der Waals surface area contributed by atoms with Crippen molar-refractivity contribution in [2.75, 3.05) is 0 Å². The van der Waals surface area contributed by atoms with E-state index in [1.807, 2.05) is 36.4 Å². The smallest absolute Gasteiger partial charge is 0 e. The zero-order valence-corrected chi connectivity index (χ0v) is 11.3. The number of nitrogens with one attached hydrogen (secondary N) is 1. The first kappa shape index (κ1) is 11.2. The van der Waals surface area contributed by atoms with Crippen LogP contribution in [-0.2, 0) is 0 Å². The zero-order chi connectivity index (χ0) is 7.40. The molecule has 1 rings (SSSR count). The van der Waals surface area contributed by atoms with E-state index < -0.39 is 0 Å². The van der Waals surface area contributed by atoms with Crippen LogP contribution in [0.5, 0.6) is 0 Å². The van der Waals surface area contributed by atoms with Gasteiger partial charge in [-0.05, 0) is 5.56 Å². The van der Waals surface area contributed by atoms with E-state index in [1.54, 1.807) is 6.92 Å². The Bertz CT molecular complexity index is 225. The minimum atomic E-state index is 0. The summed E-state index contributed by atoms with van der Waals surface area (Å²) in [7, 11) is 0. The quantitative estimate of drug-likeness (QED) is 0.736. The van der Waals surface area contributed by atoms with Gasteiger partial charge in [0.2, 0.25) is 0 Å². The molecule has 0 unspecified atom stereocenters. The summed E-state index contributed by atoms with van der Waals surface area (Å²) in [6, 6.07) is 9.87. The number of rotatable bonds is 1. The molecular weight excluding hydrogens is 349 g/mol. The van der Waals surface area contributed by atoms with E-state index in [1.165, 1.54) is 0 Å². The SMILES string of the molecule is C/C([NH-])=C\c1ccccc1.[Ac]. The molecule has 0 aliphatic carbocycles. The molecule has 55 valence electrons. The van der Waals surface area contributed by atoms with Crippen molar-refractivity contribution in [3.8, 4) is 0 Å². The maximum absolute atomic E-state index is 7.18. The molecule has 0 aliphatic rings. The van der Waals surface area contributed by atoms with E-state index in [9.17, 15) is 0 Å². The van der Waals surface area contributed by atoms with Gasteiger partial charge in [0.25, 0.3) is 0 Å². The Labute approximate surface area is 103 Å². The molecule has 0 heterocycles. The number of hydrogen-bond acceptors (Lipinski definition) is 0. The van der Waals surface area contributed by atoms with Crippen molar-refractivity contribution in [2.45, 2.75) is 6.92 Å². The van der Waals surface area contributed by atoms with Crippen molar-refractivity contribution in [1.82, 2.24) is 0 Å². The van der Waals surface area contributed by atoms with Crippen molar-refractivity contribution >= 4 is 6.08 Å². The molecule has 0 bridgehead atoms. The first-order chi connectivity index (χ1) is 4.79. The predicted molar refractivity (Wildman–Crippen MR) is 44.4 cm³/mol. The fourth-order valence-corrected chi connectivity index (χ4v) is 0.799. The number of hydrogen-bond donors (Lipinski definition) is 0. The molecule has 0 saturated carbocycles. The van der Waals surface area contributed by atoms with Crippen molar-refractivity contribution < 1.29 is 44.1 Å². The van der Waals surface area contributed by atoms with Crippen LogP contribution >= 0.6 is 0 Å². The molecule has 1 aromatic carbocycles. The summed E-state index contributed by atoms with van der Waals surface area (Å²) in [6.07, 6.45) is 1.83. The van der Waals surface area contributed by atoms with E-state index in [0.717, 1.165) is 5.56 Å². The van der Waals surface area contributed by atoms with Crippen molar-refractivity contribution in [2.24, 2.45) is 0 Å². The summed E-state index contributed by atoms with van der Waals surface area (Å²) in [6.45, 7) is 1.77. The predicted octanol–water partition coefficient (Wildman–Crippen LogP) is 3.10. The van der Waals surface area contributed by atoms with Gasteiger partial charge in [-0.2, -0.15) is 5.70 Å². The molecule has 1 N–H and O–H groups in total. The van der Waals surface area contributed by atoms with Gasteiger partial charge in [0, 0.05) is 44.1 Å². The second kappa shape index (κ2) is 5.80. The summed E-state index contributed by atoms with van der Waals surface area (Å²) in [5.74, 6) is 0. The zero-order valence-electron chi connectivity index (χ0n) is 6.54. The average Bonchev–Trinajstić information content (AvgIpc) is 1.88. The second-order valence-electron chi connectivity index (χ2n) is 2.24. The summed E-state index contributed by atoms with van der Waals surface area (Å²) in [5.41, 5.74) is 8.86. The summed E-state index contributed by atoms with van der Waals surface area (Å²) in [5, 5.41) is 0. The van der Waals surface area contributed by atoms with Gasteiger partial charge in [0.05, 0.1) is 0 Å². The standard InChI is InChI=1S/C9H10N.Ac/c1-8(10)7-9-5-3-2-4-6-9;/h2-7,10H,1H3;/q-1;/b8-7+;. The van der Waals surface area contributed by atoms with Gasteiger partial charge in [0.1, 0.15) is 0 Å². The fourth-order valence-electron chi connectivity index (χ4n) is 0.799. The summed E-state index contributed by atoms with van der Waals surface area (Å²) in [4.78, 5) is 0. The Morgan fingerprint density at radius 2 is 1.82 bits per heavy atom. The van der Waals surface area contributed by atoms with E-state index >= 15 is 0 Å². The summed E-state index contributed by atoms with van der Waals surface area (Å²) < 4.78 is 0. The third kappa shape index (κ3) is 4.61. The van der Waals surface area contributed by atoms with Gasteiger partial charge in [-0.1, -0.05) is 43.3 Å². The number of benzene rings is 1. The Balaban J connectivity index is 0.000001000. The molecule has 0 amide bonds. The van der Waals surface area contributed by atoms with Gasteiger partial charge >= 0.3 is 0 Å². The molecule has 0 aromatic heterocycles. The van der Waals surface area contributed by atoms with Gasteiger partial charge in [0.15, 0.2) is 0 Å². The topological polar surface area (TPSA) is 23.8 Å². The third-order valence-corrected chi connectivity index (χ3v) is 1.18. The second-order valence-corrected chi connectivity index (χ2v) is 2.24. The van der Waals surface area contributed by atoms with E-state index in [0.29, 0.717) is 5.70 Å². The molecule has 11 heavy (non-hydrogen) atoms. The first-order valence-corrected chi connectivity index (χ1v) is 3.24. The molecular formula is C9H10AcN-. The van der Waals surface area contributed by atoms with Gasteiger partial charge in [-0.3, -0.25) is 0 Å². The van der Waals surface area contributed by atoms with Crippen LogP contribution in [0.2, 0.25) is 0 Å². The Morgan fingerprint density at radius 1 is 1.27 bits per heavy atom. The molecule has 0 aliphatic heterocycles. The van der Waals surface area contributed by atoms with Crippen LogP contribution in [0.4, 0.5) is 0 Å². The van der Waals surface area contributed by atoms with E-state index in [4.69, 9.17) is 5.73 Å². The summed E-state index contributed by atoms with van der Waals surface area (Å²) >= 11 is 0. The molecule has 1 nitrogen and oxygen atoms in total. The van der Waals surface area contributed by atoms with Crippen molar-refractivity contribution in [3.05, 3.63) is 47.3 Å². The molecule has 0 saturated heterocycles. The Kier molecular flexibility index (Phi) is 5.91. The third-order valence-electron chi connectivity index (χ3n) is 1.18. The number of allylic oxidation sites excluding steroid dienone is 1. The Morgan fingerprint density at radius 3 is 2.27 bits per heavy atom. The largest absolute Gasteiger partial charge is 0.702 e. The van der Waals surface area contributed by atoms with E-state index in [2.05, 4.69) is 0 Å². The molecule has 1 radical (unpaired) electrons. The van der Waals surface area contributed by atoms with Crippen molar-refractivity contribution in [1.29, 1.82) is 0 Å². The van der Waals surface area contributed by atoms with Crippen LogP contribution in [0.3, 0.4) is 0 Å². The molecule has 2 heteroatoms. The van der Waals surface area contributed by atoms with Crippen LogP contribution in [0.25, 0.3) is 11.8 Å². The molecule has 0 fully saturated rings. The minimum absolute atomic E-state index is 0. The molecule has 0 atom stereocenters. The molecule has 1 aromatic rings. The minimum Gasteiger partial charge on any atom is -0.702 e. The maximum atomic E-state index is 7.18. The fraction of sp³-hybridized carbons (Fsp3) is 0.111. The average molecular weight is 359 g/mol. The van der Waals surface area contributed by atoms with Crippen LogP contribution in [0, 0.1) is 44.1 Å². The van der Waals surface area contributed by atoms with Crippen molar-refractivity contribution in [3.63, 3.8) is 0 Å². The first-order valence-electron chi connectivity index (χ1n) is 3.24. The Hall–Kier alpha value is 0.202. The monoisotopic (exact) mass is 359 g/mol. The normalized spacial score (nSPS) is 10.5. The van der Waals surface area contributed by atoms with Crippen LogP contribution < -0.4 is 0 Å². The van der Waals surface area contributed by atoms with Gasteiger partial charge in [-0.25, -0.2) is 0 Å². The van der Waals surface area contributed by atoms with Crippen LogP contribution in [0.15, 0.2) is 36.0 Å².